The molecule has 0 spiro atoms. The summed E-state index contributed by atoms with van der Waals surface area (Å²) in [5.74, 6) is 0. The van der Waals surface area contributed by atoms with E-state index in [1.54, 1.807) is 0 Å². The summed E-state index contributed by atoms with van der Waals surface area (Å²) in [6.07, 6.45) is 2.97. The number of rotatable bonds is 3. The van der Waals surface area contributed by atoms with Gasteiger partial charge in [0.25, 0.3) is 0 Å². The summed E-state index contributed by atoms with van der Waals surface area (Å²) < 4.78 is 0. The van der Waals surface area contributed by atoms with Crippen LogP contribution in [0.25, 0.3) is 0 Å². The Labute approximate surface area is 96.1 Å². The van der Waals surface area contributed by atoms with Gasteiger partial charge in [-0.3, -0.25) is 0 Å². The summed E-state index contributed by atoms with van der Waals surface area (Å²) in [5.41, 5.74) is 0.672. The van der Waals surface area contributed by atoms with E-state index in [2.05, 4.69) is 6.92 Å². The topological polar surface area (TPSA) is 20.2 Å². The number of benzene rings is 1. The Morgan fingerprint density at radius 3 is 2.33 bits per heavy atom. The van der Waals surface area contributed by atoms with Gasteiger partial charge in [-0.15, -0.1) is 0 Å². The zero-order valence-electron chi connectivity index (χ0n) is 9.26. The van der Waals surface area contributed by atoms with E-state index in [1.165, 1.54) is 0 Å². The Kier molecular flexibility index (Phi) is 2.56. The highest BCUT2D eigenvalue weighted by Gasteiger charge is 2.51. The van der Waals surface area contributed by atoms with Crippen molar-refractivity contribution >= 4 is 11.6 Å². The summed E-state index contributed by atoms with van der Waals surface area (Å²) >= 11 is 5.82. The van der Waals surface area contributed by atoms with Gasteiger partial charge in [0.2, 0.25) is 0 Å². The smallest absolute Gasteiger partial charge is 0.0713 e. The molecule has 1 N–H and O–H groups in total. The molecule has 15 heavy (non-hydrogen) atoms. The molecule has 1 unspecified atom stereocenters. The van der Waals surface area contributed by atoms with Gasteiger partial charge < -0.3 is 5.11 Å². The summed E-state index contributed by atoms with van der Waals surface area (Å²) in [5, 5.41) is 11.1. The normalized spacial score (nSPS) is 22.1. The van der Waals surface area contributed by atoms with Gasteiger partial charge in [-0.1, -0.05) is 30.7 Å². The molecule has 1 nitrogen and oxygen atoms in total. The maximum Gasteiger partial charge on any atom is 0.0713 e. The Hall–Kier alpha value is -0.530. The lowest BCUT2D eigenvalue weighted by Crippen LogP contribution is -2.36. The lowest BCUT2D eigenvalue weighted by atomic mass is 9.82. The van der Waals surface area contributed by atoms with Crippen LogP contribution in [0.2, 0.25) is 5.02 Å². The van der Waals surface area contributed by atoms with Crippen molar-refractivity contribution in [3.8, 4) is 0 Å². The minimum absolute atomic E-state index is 0.118. The summed E-state index contributed by atoms with van der Waals surface area (Å²) in [7, 11) is 0. The molecule has 0 amide bonds. The van der Waals surface area contributed by atoms with Crippen molar-refractivity contribution in [1.29, 1.82) is 0 Å². The molecule has 0 saturated heterocycles. The third kappa shape index (κ3) is 2.19. The van der Waals surface area contributed by atoms with Crippen LogP contribution in [0.5, 0.6) is 0 Å². The monoisotopic (exact) mass is 224 g/mol. The van der Waals surface area contributed by atoms with E-state index >= 15 is 0 Å². The first kappa shape index (κ1) is 11.0. The number of halogens is 1. The molecule has 0 radical (unpaired) electrons. The van der Waals surface area contributed by atoms with Crippen LogP contribution in [-0.2, 0) is 6.42 Å². The van der Waals surface area contributed by atoms with Crippen LogP contribution in [0.3, 0.4) is 0 Å². The molecule has 0 aromatic heterocycles. The van der Waals surface area contributed by atoms with E-state index < -0.39 is 5.60 Å². The molecule has 82 valence electrons. The molecule has 1 aliphatic rings. The van der Waals surface area contributed by atoms with Gasteiger partial charge in [0, 0.05) is 11.4 Å². The minimum Gasteiger partial charge on any atom is -0.389 e. The second-order valence-electron chi connectivity index (χ2n) is 5.14. The van der Waals surface area contributed by atoms with E-state index in [-0.39, 0.29) is 5.41 Å². The average Bonchev–Trinajstić information content (AvgIpc) is 2.89. The van der Waals surface area contributed by atoms with Gasteiger partial charge in [0.15, 0.2) is 0 Å². The van der Waals surface area contributed by atoms with Crippen LogP contribution in [0.1, 0.15) is 32.3 Å². The second-order valence-corrected chi connectivity index (χ2v) is 5.57. The van der Waals surface area contributed by atoms with Crippen molar-refractivity contribution in [2.24, 2.45) is 5.41 Å². The molecular formula is C13H17ClO. The lowest BCUT2D eigenvalue weighted by Gasteiger charge is -2.30. The molecule has 2 heteroatoms. The van der Waals surface area contributed by atoms with Gasteiger partial charge in [-0.2, -0.15) is 0 Å². The molecule has 1 saturated carbocycles. The van der Waals surface area contributed by atoms with Crippen LogP contribution in [0.4, 0.5) is 0 Å². The molecule has 1 atom stereocenters. The summed E-state index contributed by atoms with van der Waals surface area (Å²) in [6.45, 7) is 4.09. The first-order chi connectivity index (χ1) is 6.93. The van der Waals surface area contributed by atoms with Crippen LogP contribution in [0.15, 0.2) is 24.3 Å². The van der Waals surface area contributed by atoms with Gasteiger partial charge >= 0.3 is 0 Å². The van der Waals surface area contributed by atoms with Crippen molar-refractivity contribution in [2.45, 2.75) is 38.7 Å². The van der Waals surface area contributed by atoms with E-state index in [9.17, 15) is 5.11 Å². The SMILES string of the molecule is CC(O)(Cc1ccc(Cl)cc1)C1(C)CC1. The predicted octanol–water partition coefficient (Wildman–Crippen LogP) is 3.43. The first-order valence-electron chi connectivity index (χ1n) is 5.40. The molecule has 0 aliphatic heterocycles. The number of hydrogen-bond acceptors (Lipinski definition) is 1. The third-order valence-corrected chi connectivity index (χ3v) is 4.01. The summed E-state index contributed by atoms with van der Waals surface area (Å²) in [6, 6.07) is 7.73. The minimum atomic E-state index is -0.596. The van der Waals surface area contributed by atoms with Crippen molar-refractivity contribution < 1.29 is 5.11 Å². The molecule has 2 rings (SSSR count). The maximum absolute atomic E-state index is 10.4. The Bertz CT molecular complexity index is 349. The van der Waals surface area contributed by atoms with Gasteiger partial charge in [0.05, 0.1) is 5.60 Å². The fourth-order valence-corrected chi connectivity index (χ4v) is 2.07. The lowest BCUT2D eigenvalue weighted by molar-refractivity contribution is -0.00701. The molecule has 1 aliphatic carbocycles. The van der Waals surface area contributed by atoms with Crippen molar-refractivity contribution in [3.05, 3.63) is 34.9 Å². The van der Waals surface area contributed by atoms with Crippen LogP contribution in [0, 0.1) is 5.41 Å². The molecule has 0 heterocycles. The van der Waals surface area contributed by atoms with Gasteiger partial charge in [0.1, 0.15) is 0 Å². The van der Waals surface area contributed by atoms with Crippen LogP contribution < -0.4 is 0 Å². The standard InChI is InChI=1S/C13H17ClO/c1-12(7-8-12)13(2,15)9-10-3-5-11(14)6-4-10/h3-6,15H,7-9H2,1-2H3. The molecular weight excluding hydrogens is 208 g/mol. The predicted molar refractivity (Wildman–Crippen MR) is 63.1 cm³/mol. The van der Waals surface area contributed by atoms with E-state index in [0.717, 1.165) is 23.4 Å². The fourth-order valence-electron chi connectivity index (χ4n) is 1.94. The molecule has 1 aromatic rings. The largest absolute Gasteiger partial charge is 0.389 e. The van der Waals surface area contributed by atoms with Gasteiger partial charge in [-0.05, 0) is 42.9 Å². The quantitative estimate of drug-likeness (QED) is 0.834. The Morgan fingerprint density at radius 1 is 1.33 bits per heavy atom. The van der Waals surface area contributed by atoms with Gasteiger partial charge in [-0.25, -0.2) is 0 Å². The molecule has 1 aromatic carbocycles. The average molecular weight is 225 g/mol. The zero-order chi connectivity index (χ0) is 11.1. The van der Waals surface area contributed by atoms with Crippen LogP contribution in [-0.4, -0.2) is 10.7 Å². The summed E-state index contributed by atoms with van der Waals surface area (Å²) in [4.78, 5) is 0. The number of aliphatic hydroxyl groups is 1. The fraction of sp³-hybridized carbons (Fsp3) is 0.538. The van der Waals surface area contributed by atoms with Crippen molar-refractivity contribution in [1.82, 2.24) is 0 Å². The van der Waals surface area contributed by atoms with Crippen molar-refractivity contribution in [3.63, 3.8) is 0 Å². The Morgan fingerprint density at radius 2 is 1.87 bits per heavy atom. The highest BCUT2D eigenvalue weighted by molar-refractivity contribution is 6.30. The maximum atomic E-state index is 10.4. The molecule has 0 bridgehead atoms. The van der Waals surface area contributed by atoms with Crippen LogP contribution >= 0.6 is 11.6 Å². The zero-order valence-corrected chi connectivity index (χ0v) is 10.0. The van der Waals surface area contributed by atoms with E-state index in [1.807, 2.05) is 31.2 Å². The number of hydrogen-bond donors (Lipinski definition) is 1. The Balaban J connectivity index is 2.11. The van der Waals surface area contributed by atoms with E-state index in [0.29, 0.717) is 6.42 Å². The molecule has 1 fully saturated rings. The van der Waals surface area contributed by atoms with E-state index in [4.69, 9.17) is 11.6 Å². The second kappa shape index (κ2) is 3.50. The first-order valence-corrected chi connectivity index (χ1v) is 5.78. The highest BCUT2D eigenvalue weighted by atomic mass is 35.5. The third-order valence-electron chi connectivity index (χ3n) is 3.76. The highest BCUT2D eigenvalue weighted by Crippen LogP contribution is 2.54. The van der Waals surface area contributed by atoms with Crippen molar-refractivity contribution in [2.75, 3.05) is 0 Å².